The van der Waals surface area contributed by atoms with Gasteiger partial charge in [0.2, 0.25) is 5.91 Å². The molecule has 0 saturated carbocycles. The molecule has 1 saturated heterocycles. The Morgan fingerprint density at radius 2 is 2.25 bits per heavy atom. The number of carboxylic acids is 1. The summed E-state index contributed by atoms with van der Waals surface area (Å²) in [5, 5.41) is 9.62. The molecule has 20 heavy (non-hydrogen) atoms. The second-order valence-corrected chi connectivity index (χ2v) is 5.15. The molecule has 0 bridgehead atoms. The first kappa shape index (κ1) is 14.7. The van der Waals surface area contributed by atoms with Crippen LogP contribution in [0.3, 0.4) is 0 Å². The fourth-order valence-electron chi connectivity index (χ4n) is 2.47. The van der Waals surface area contributed by atoms with E-state index in [2.05, 4.69) is 0 Å². The topological polar surface area (TPSA) is 66.8 Å². The van der Waals surface area contributed by atoms with Gasteiger partial charge in [0, 0.05) is 17.1 Å². The highest BCUT2D eigenvalue weighted by atomic mass is 35.5. The predicted molar refractivity (Wildman–Crippen MR) is 74.1 cm³/mol. The van der Waals surface area contributed by atoms with Crippen molar-refractivity contribution in [1.82, 2.24) is 4.90 Å². The molecule has 1 heterocycles. The molecule has 108 valence electrons. The van der Waals surface area contributed by atoms with Crippen LogP contribution in [0.2, 0.25) is 5.02 Å². The van der Waals surface area contributed by atoms with Crippen LogP contribution in [0.1, 0.15) is 18.4 Å². The molecule has 1 aromatic rings. The van der Waals surface area contributed by atoms with Gasteiger partial charge in [-0.3, -0.25) is 4.79 Å². The Balaban J connectivity index is 2.15. The number of ether oxygens (including phenoxy) is 1. The normalized spacial score (nSPS) is 18.1. The highest BCUT2D eigenvalue weighted by Crippen LogP contribution is 2.25. The number of benzene rings is 1. The number of carboxylic acid groups (broad SMARTS) is 1. The number of hydrogen-bond acceptors (Lipinski definition) is 3. The Labute approximate surface area is 122 Å². The van der Waals surface area contributed by atoms with Crippen molar-refractivity contribution in [1.29, 1.82) is 0 Å². The van der Waals surface area contributed by atoms with Crippen molar-refractivity contribution in [3.63, 3.8) is 0 Å². The highest BCUT2D eigenvalue weighted by Gasteiger charge is 2.33. The van der Waals surface area contributed by atoms with E-state index in [9.17, 15) is 9.59 Å². The van der Waals surface area contributed by atoms with Gasteiger partial charge >= 0.3 is 5.97 Å². The van der Waals surface area contributed by atoms with Gasteiger partial charge in [0.15, 0.2) is 0 Å². The number of likely N-dealkylation sites (tertiary alicyclic amines) is 1. The number of carbonyl (C=O) groups excluding carboxylic acids is 1. The lowest BCUT2D eigenvalue weighted by Crippen LogP contribution is -2.41. The van der Waals surface area contributed by atoms with Gasteiger partial charge in [-0.25, -0.2) is 4.79 Å². The van der Waals surface area contributed by atoms with Crippen molar-refractivity contribution in [3.8, 4) is 5.75 Å². The molecule has 1 aromatic carbocycles. The number of hydrogen-bond donors (Lipinski definition) is 1. The molecule has 5 nitrogen and oxygen atoms in total. The SMILES string of the molecule is COc1ccc(Cl)cc1CC(=O)N1CCCC1C(=O)O. The average Bonchev–Trinajstić information content (AvgIpc) is 2.88. The zero-order valence-corrected chi connectivity index (χ0v) is 11.9. The van der Waals surface area contributed by atoms with E-state index < -0.39 is 12.0 Å². The first-order valence-corrected chi connectivity index (χ1v) is 6.75. The summed E-state index contributed by atoms with van der Waals surface area (Å²) < 4.78 is 5.19. The lowest BCUT2D eigenvalue weighted by Gasteiger charge is -2.22. The highest BCUT2D eigenvalue weighted by molar-refractivity contribution is 6.30. The van der Waals surface area contributed by atoms with E-state index in [0.717, 1.165) is 6.42 Å². The van der Waals surface area contributed by atoms with Crippen LogP contribution in [0.4, 0.5) is 0 Å². The number of carbonyl (C=O) groups is 2. The number of amides is 1. The van der Waals surface area contributed by atoms with E-state index in [0.29, 0.717) is 29.3 Å². The smallest absolute Gasteiger partial charge is 0.326 e. The van der Waals surface area contributed by atoms with Gasteiger partial charge in [0.1, 0.15) is 11.8 Å². The maximum Gasteiger partial charge on any atom is 0.326 e. The summed E-state index contributed by atoms with van der Waals surface area (Å²) in [5.41, 5.74) is 0.668. The molecule has 1 unspecified atom stereocenters. The first-order chi connectivity index (χ1) is 9.52. The van der Waals surface area contributed by atoms with E-state index >= 15 is 0 Å². The van der Waals surface area contributed by atoms with Crippen LogP contribution in [0.25, 0.3) is 0 Å². The maximum absolute atomic E-state index is 12.3. The van der Waals surface area contributed by atoms with Crippen molar-refractivity contribution >= 4 is 23.5 Å². The Hall–Kier alpha value is -1.75. The Kier molecular flexibility index (Phi) is 4.49. The minimum Gasteiger partial charge on any atom is -0.496 e. The molecule has 1 N–H and O–H groups in total. The monoisotopic (exact) mass is 297 g/mol. The molecule has 1 amide bonds. The van der Waals surface area contributed by atoms with Gasteiger partial charge in [-0.15, -0.1) is 0 Å². The fraction of sp³-hybridized carbons (Fsp3) is 0.429. The lowest BCUT2D eigenvalue weighted by atomic mass is 10.1. The van der Waals surface area contributed by atoms with Crippen LogP contribution in [0, 0.1) is 0 Å². The molecule has 2 rings (SSSR count). The fourth-order valence-corrected chi connectivity index (χ4v) is 2.67. The van der Waals surface area contributed by atoms with Crippen molar-refractivity contribution in [3.05, 3.63) is 28.8 Å². The van der Waals surface area contributed by atoms with Gasteiger partial charge in [-0.1, -0.05) is 11.6 Å². The van der Waals surface area contributed by atoms with Crippen LogP contribution in [0.15, 0.2) is 18.2 Å². The molecule has 1 aliphatic heterocycles. The molecule has 0 aliphatic carbocycles. The summed E-state index contributed by atoms with van der Waals surface area (Å²) in [7, 11) is 1.52. The van der Waals surface area contributed by atoms with Crippen LogP contribution in [0.5, 0.6) is 5.75 Å². The predicted octanol–water partition coefficient (Wildman–Crippen LogP) is 1.97. The zero-order valence-electron chi connectivity index (χ0n) is 11.1. The third kappa shape index (κ3) is 3.04. The third-order valence-corrected chi connectivity index (χ3v) is 3.68. The molecule has 1 atom stereocenters. The molecule has 6 heteroatoms. The van der Waals surface area contributed by atoms with Crippen molar-refractivity contribution in [2.45, 2.75) is 25.3 Å². The molecule has 0 aromatic heterocycles. The standard InChI is InChI=1S/C14H16ClNO4/c1-20-12-5-4-10(15)7-9(12)8-13(17)16-6-2-3-11(16)14(18)19/h4-5,7,11H,2-3,6,8H2,1H3,(H,18,19). The summed E-state index contributed by atoms with van der Waals surface area (Å²) in [6.07, 6.45) is 1.32. The lowest BCUT2D eigenvalue weighted by molar-refractivity contribution is -0.148. The van der Waals surface area contributed by atoms with Gasteiger partial charge in [-0.05, 0) is 31.0 Å². The van der Waals surface area contributed by atoms with Gasteiger partial charge in [0.05, 0.1) is 13.5 Å². The minimum atomic E-state index is -0.950. The van der Waals surface area contributed by atoms with E-state index in [1.54, 1.807) is 18.2 Å². The van der Waals surface area contributed by atoms with Crippen LogP contribution in [-0.2, 0) is 16.0 Å². The molecular formula is C14H16ClNO4. The molecule has 0 radical (unpaired) electrons. The molecule has 0 spiro atoms. The van der Waals surface area contributed by atoms with Crippen LogP contribution in [-0.4, -0.2) is 41.6 Å². The number of methoxy groups -OCH3 is 1. The van der Waals surface area contributed by atoms with Crippen molar-refractivity contribution in [2.24, 2.45) is 0 Å². The second kappa shape index (κ2) is 6.13. The van der Waals surface area contributed by atoms with Gasteiger partial charge in [0.25, 0.3) is 0 Å². The van der Waals surface area contributed by atoms with E-state index in [1.807, 2.05) is 0 Å². The second-order valence-electron chi connectivity index (χ2n) is 4.72. The van der Waals surface area contributed by atoms with Crippen LogP contribution >= 0.6 is 11.6 Å². The number of aliphatic carboxylic acids is 1. The average molecular weight is 298 g/mol. The zero-order chi connectivity index (χ0) is 14.7. The Morgan fingerprint density at radius 1 is 1.50 bits per heavy atom. The molecular weight excluding hydrogens is 282 g/mol. The van der Waals surface area contributed by atoms with Crippen LogP contribution < -0.4 is 4.74 Å². The van der Waals surface area contributed by atoms with E-state index in [-0.39, 0.29) is 12.3 Å². The summed E-state index contributed by atoms with van der Waals surface area (Å²) in [6, 6.07) is 4.34. The first-order valence-electron chi connectivity index (χ1n) is 6.37. The molecule has 1 fully saturated rings. The van der Waals surface area contributed by atoms with Crippen molar-refractivity contribution < 1.29 is 19.4 Å². The van der Waals surface area contributed by atoms with Crippen molar-refractivity contribution in [2.75, 3.05) is 13.7 Å². The number of halogens is 1. The van der Waals surface area contributed by atoms with E-state index in [1.165, 1.54) is 12.0 Å². The Morgan fingerprint density at radius 3 is 2.90 bits per heavy atom. The minimum absolute atomic E-state index is 0.0908. The summed E-state index contributed by atoms with van der Waals surface area (Å²) >= 11 is 5.92. The largest absolute Gasteiger partial charge is 0.496 e. The van der Waals surface area contributed by atoms with Gasteiger partial charge in [-0.2, -0.15) is 0 Å². The summed E-state index contributed by atoms with van der Waals surface area (Å²) in [6.45, 7) is 0.485. The Bertz CT molecular complexity index is 532. The number of nitrogens with zero attached hydrogens (tertiary/aromatic N) is 1. The molecule has 1 aliphatic rings. The quantitative estimate of drug-likeness (QED) is 0.922. The maximum atomic E-state index is 12.3. The van der Waals surface area contributed by atoms with Gasteiger partial charge < -0.3 is 14.7 Å². The number of rotatable bonds is 4. The summed E-state index contributed by atoms with van der Waals surface area (Å²) in [5.74, 6) is -0.585. The summed E-state index contributed by atoms with van der Waals surface area (Å²) in [4.78, 5) is 24.8. The third-order valence-electron chi connectivity index (χ3n) is 3.44. The van der Waals surface area contributed by atoms with E-state index in [4.69, 9.17) is 21.4 Å².